The summed E-state index contributed by atoms with van der Waals surface area (Å²) in [7, 11) is 0.0240. The molecule has 0 saturated carbocycles. The van der Waals surface area contributed by atoms with Crippen LogP contribution in [0.4, 0.5) is 4.39 Å². The number of hydrogen-bond acceptors (Lipinski definition) is 3. The van der Waals surface area contributed by atoms with Crippen LogP contribution in [0.25, 0.3) is 0 Å². The van der Waals surface area contributed by atoms with Crippen LogP contribution in [0.2, 0.25) is 5.02 Å². The molecule has 1 rings (SSSR count). The van der Waals surface area contributed by atoms with Crippen LogP contribution in [0, 0.1) is 5.82 Å². The highest BCUT2D eigenvalue weighted by atomic mass is 35.5. The van der Waals surface area contributed by atoms with Crippen LogP contribution in [0.5, 0.6) is 0 Å². The van der Waals surface area contributed by atoms with Crippen molar-refractivity contribution in [1.82, 2.24) is 0 Å². The Morgan fingerprint density at radius 2 is 2.22 bits per heavy atom. The number of hydrogen-bond donors (Lipinski definition) is 0. The van der Waals surface area contributed by atoms with E-state index in [2.05, 4.69) is 4.74 Å². The van der Waals surface area contributed by atoms with Crippen molar-refractivity contribution >= 4 is 28.4 Å². The second-order valence-corrected chi connectivity index (χ2v) is 6.11. The third-order valence-corrected chi connectivity index (χ3v) is 4.46. The van der Waals surface area contributed by atoms with Gasteiger partial charge in [-0.15, -0.1) is 0 Å². The maximum atomic E-state index is 12.8. The van der Waals surface area contributed by atoms with Gasteiger partial charge in [-0.3, -0.25) is 9.00 Å². The van der Waals surface area contributed by atoms with Gasteiger partial charge in [0.2, 0.25) is 0 Å². The minimum absolute atomic E-state index is 0.0852. The highest BCUT2D eigenvalue weighted by Gasteiger charge is 2.17. The minimum Gasteiger partial charge on any atom is -0.469 e. The Morgan fingerprint density at radius 3 is 2.78 bits per heavy atom. The van der Waals surface area contributed by atoms with Crippen LogP contribution in [-0.4, -0.2) is 22.5 Å². The fourth-order valence-corrected chi connectivity index (χ4v) is 2.82. The lowest BCUT2D eigenvalue weighted by molar-refractivity contribution is -0.140. The van der Waals surface area contributed by atoms with Crippen molar-refractivity contribution in [2.45, 2.75) is 24.3 Å². The molecule has 2 atom stereocenters. The molecule has 0 aromatic heterocycles. The molecule has 0 radical (unpaired) electrons. The molecule has 0 amide bonds. The van der Waals surface area contributed by atoms with Crippen molar-refractivity contribution < 1.29 is 18.1 Å². The number of benzene rings is 1. The smallest absolute Gasteiger partial charge is 0.306 e. The van der Waals surface area contributed by atoms with E-state index in [4.69, 9.17) is 11.6 Å². The highest BCUT2D eigenvalue weighted by molar-refractivity contribution is 7.84. The van der Waals surface area contributed by atoms with Crippen molar-refractivity contribution in [3.05, 3.63) is 34.6 Å². The Labute approximate surface area is 113 Å². The summed E-state index contributed by atoms with van der Waals surface area (Å²) < 4.78 is 29.3. The van der Waals surface area contributed by atoms with Crippen LogP contribution in [0.1, 0.15) is 18.9 Å². The first-order chi connectivity index (χ1) is 8.43. The fraction of sp³-hybridized carbons (Fsp3) is 0.417. The molecule has 0 saturated heterocycles. The summed E-state index contributed by atoms with van der Waals surface area (Å²) in [6.45, 7) is 1.70. The van der Waals surface area contributed by atoms with Gasteiger partial charge in [-0.1, -0.05) is 24.6 Å². The maximum absolute atomic E-state index is 12.8. The average molecular weight is 293 g/mol. The molecule has 2 unspecified atom stereocenters. The lowest BCUT2D eigenvalue weighted by atomic mass is 10.2. The van der Waals surface area contributed by atoms with E-state index in [1.165, 1.54) is 25.3 Å². The summed E-state index contributed by atoms with van der Waals surface area (Å²) in [5, 5.41) is -0.0906. The average Bonchev–Trinajstić information content (AvgIpc) is 2.32. The van der Waals surface area contributed by atoms with Gasteiger partial charge in [0.1, 0.15) is 5.82 Å². The molecule has 100 valence electrons. The van der Waals surface area contributed by atoms with Gasteiger partial charge < -0.3 is 4.74 Å². The SMILES string of the molecule is COC(=O)CC(C)S(=O)Cc1ccc(F)cc1Cl. The Morgan fingerprint density at radius 1 is 1.56 bits per heavy atom. The molecule has 0 heterocycles. The minimum atomic E-state index is -1.26. The van der Waals surface area contributed by atoms with Crippen molar-refractivity contribution in [3.8, 4) is 0 Å². The molecule has 18 heavy (non-hydrogen) atoms. The van der Waals surface area contributed by atoms with Gasteiger partial charge in [0.15, 0.2) is 0 Å². The predicted molar refractivity (Wildman–Crippen MR) is 69.4 cm³/mol. The maximum Gasteiger partial charge on any atom is 0.306 e. The van der Waals surface area contributed by atoms with Gasteiger partial charge in [-0.05, 0) is 17.7 Å². The molecule has 0 bridgehead atoms. The molecule has 0 aliphatic carbocycles. The van der Waals surface area contributed by atoms with E-state index in [0.29, 0.717) is 5.56 Å². The van der Waals surface area contributed by atoms with E-state index >= 15 is 0 Å². The molecule has 1 aromatic rings. The summed E-state index contributed by atoms with van der Waals surface area (Å²) >= 11 is 5.85. The number of halogens is 2. The molecular formula is C12H14ClFO3S. The molecular weight excluding hydrogens is 279 g/mol. The van der Waals surface area contributed by atoms with E-state index in [-0.39, 0.29) is 22.4 Å². The summed E-state index contributed by atoms with van der Waals surface area (Å²) in [6, 6.07) is 3.95. The molecule has 0 spiro atoms. The van der Waals surface area contributed by atoms with Gasteiger partial charge >= 0.3 is 5.97 Å². The van der Waals surface area contributed by atoms with Gasteiger partial charge in [-0.2, -0.15) is 0 Å². The normalized spacial score (nSPS) is 14.0. The van der Waals surface area contributed by atoms with Crippen molar-refractivity contribution in [1.29, 1.82) is 0 Å². The molecule has 3 nitrogen and oxygen atoms in total. The second-order valence-electron chi connectivity index (χ2n) is 3.85. The topological polar surface area (TPSA) is 43.4 Å². The third-order valence-electron chi connectivity index (χ3n) is 2.44. The predicted octanol–water partition coefficient (Wildman–Crippen LogP) is 2.68. The molecule has 6 heteroatoms. The lowest BCUT2D eigenvalue weighted by Crippen LogP contribution is -2.18. The Kier molecular flexibility index (Phi) is 5.75. The first-order valence-electron chi connectivity index (χ1n) is 5.32. The zero-order valence-electron chi connectivity index (χ0n) is 10.1. The van der Waals surface area contributed by atoms with Gasteiger partial charge in [0.05, 0.1) is 19.3 Å². The number of esters is 1. The first-order valence-corrected chi connectivity index (χ1v) is 7.08. The van der Waals surface area contributed by atoms with Crippen LogP contribution in [-0.2, 0) is 26.1 Å². The van der Waals surface area contributed by atoms with Crippen molar-refractivity contribution in [2.75, 3.05) is 7.11 Å². The molecule has 1 aromatic carbocycles. The fourth-order valence-electron chi connectivity index (χ4n) is 1.35. The monoisotopic (exact) mass is 292 g/mol. The van der Waals surface area contributed by atoms with Gasteiger partial charge in [0.25, 0.3) is 0 Å². The summed E-state index contributed by atoms with van der Waals surface area (Å²) in [5.74, 6) is -0.643. The standard InChI is InChI=1S/C12H14ClFO3S/c1-8(5-12(15)17-2)18(16)7-9-3-4-10(14)6-11(9)13/h3-4,6,8H,5,7H2,1-2H3. The van der Waals surface area contributed by atoms with E-state index in [1.807, 2.05) is 0 Å². The Bertz CT molecular complexity index is 465. The van der Waals surface area contributed by atoms with E-state index in [1.54, 1.807) is 6.92 Å². The number of methoxy groups -OCH3 is 1. The van der Waals surface area contributed by atoms with Gasteiger partial charge in [-0.25, -0.2) is 4.39 Å². The molecule has 0 fully saturated rings. The third kappa shape index (κ3) is 4.38. The zero-order chi connectivity index (χ0) is 13.7. The van der Waals surface area contributed by atoms with E-state index < -0.39 is 22.6 Å². The van der Waals surface area contributed by atoms with Crippen LogP contribution in [0.15, 0.2) is 18.2 Å². The summed E-state index contributed by atoms with van der Waals surface area (Å²) in [6.07, 6.45) is 0.0852. The summed E-state index contributed by atoms with van der Waals surface area (Å²) in [5.41, 5.74) is 0.605. The molecule has 0 aliphatic rings. The largest absolute Gasteiger partial charge is 0.469 e. The molecule has 0 N–H and O–H groups in total. The Hall–Kier alpha value is -0.940. The second kappa shape index (κ2) is 6.85. The van der Waals surface area contributed by atoms with Crippen LogP contribution in [0.3, 0.4) is 0 Å². The van der Waals surface area contributed by atoms with Crippen molar-refractivity contribution in [2.24, 2.45) is 0 Å². The number of carbonyl (C=O) groups excluding carboxylic acids is 1. The number of carbonyl (C=O) groups is 1. The lowest BCUT2D eigenvalue weighted by Gasteiger charge is -2.11. The van der Waals surface area contributed by atoms with Crippen molar-refractivity contribution in [3.63, 3.8) is 0 Å². The zero-order valence-corrected chi connectivity index (χ0v) is 11.7. The highest BCUT2D eigenvalue weighted by Crippen LogP contribution is 2.20. The molecule has 0 aliphatic heterocycles. The van der Waals surface area contributed by atoms with Crippen LogP contribution < -0.4 is 0 Å². The number of ether oxygens (including phenoxy) is 1. The van der Waals surface area contributed by atoms with Gasteiger partial charge in [0, 0.05) is 21.1 Å². The van der Waals surface area contributed by atoms with E-state index in [0.717, 1.165) is 0 Å². The summed E-state index contributed by atoms with van der Waals surface area (Å²) in [4.78, 5) is 11.1. The first kappa shape index (κ1) is 15.1. The van der Waals surface area contributed by atoms with Crippen LogP contribution >= 0.6 is 11.6 Å². The quantitative estimate of drug-likeness (QED) is 0.784. The Balaban J connectivity index is 2.66. The number of rotatable bonds is 5. The van der Waals surface area contributed by atoms with E-state index in [9.17, 15) is 13.4 Å².